The van der Waals surface area contributed by atoms with Crippen molar-refractivity contribution in [3.05, 3.63) is 65.7 Å². The molecule has 0 saturated heterocycles. The first-order valence-electron chi connectivity index (χ1n) is 6.62. The number of halogens is 3. The second-order valence-corrected chi connectivity index (χ2v) is 5.02. The van der Waals surface area contributed by atoms with E-state index in [1.807, 2.05) is 12.1 Å². The quantitative estimate of drug-likeness (QED) is 0.831. The maximum atomic E-state index is 12.4. The number of hydrogen-bond acceptors (Lipinski definition) is 1. The minimum Gasteiger partial charge on any atom is -0.362 e. The van der Waals surface area contributed by atoms with Crippen molar-refractivity contribution in [3.63, 3.8) is 0 Å². The van der Waals surface area contributed by atoms with Crippen LogP contribution < -0.4 is 10.6 Å². The van der Waals surface area contributed by atoms with Gasteiger partial charge in [0.15, 0.2) is 5.11 Å². The molecule has 0 spiro atoms. The van der Waals surface area contributed by atoms with Crippen LogP contribution in [0, 0.1) is 6.07 Å². The Balaban J connectivity index is 1.78. The lowest BCUT2D eigenvalue weighted by molar-refractivity contribution is -0.137. The lowest BCUT2D eigenvalue weighted by Gasteiger charge is -2.11. The first kappa shape index (κ1) is 16.3. The fraction of sp³-hybridized carbons (Fsp3) is 0.188. The molecule has 115 valence electrons. The van der Waals surface area contributed by atoms with Crippen LogP contribution in [0.25, 0.3) is 0 Å². The zero-order chi connectivity index (χ0) is 16.0. The molecule has 6 heteroatoms. The molecule has 2 N–H and O–H groups in total. The molecule has 0 aliphatic heterocycles. The summed E-state index contributed by atoms with van der Waals surface area (Å²) in [6.45, 7) is 0.538. The molecule has 1 radical (unpaired) electrons. The summed E-state index contributed by atoms with van der Waals surface area (Å²) < 4.78 is 37.3. The third-order valence-electron chi connectivity index (χ3n) is 2.96. The highest BCUT2D eigenvalue weighted by Gasteiger charge is 2.29. The van der Waals surface area contributed by atoms with E-state index in [2.05, 4.69) is 16.7 Å². The van der Waals surface area contributed by atoms with Gasteiger partial charge < -0.3 is 10.6 Å². The summed E-state index contributed by atoms with van der Waals surface area (Å²) in [5, 5.41) is 6.49. The van der Waals surface area contributed by atoms with Crippen molar-refractivity contribution in [1.29, 1.82) is 0 Å². The third kappa shape index (κ3) is 5.04. The molecule has 2 rings (SSSR count). The van der Waals surface area contributed by atoms with Crippen molar-refractivity contribution in [3.8, 4) is 0 Å². The lowest BCUT2D eigenvalue weighted by Crippen LogP contribution is -2.30. The summed E-state index contributed by atoms with van der Waals surface area (Å²) in [7, 11) is 0. The molecular formula is C16H14F3N2S. The number of thiocarbonyl (C=S) groups is 1. The molecule has 0 aliphatic rings. The highest BCUT2D eigenvalue weighted by molar-refractivity contribution is 7.80. The zero-order valence-electron chi connectivity index (χ0n) is 11.6. The van der Waals surface area contributed by atoms with Crippen molar-refractivity contribution < 1.29 is 13.2 Å². The minimum atomic E-state index is -4.30. The molecule has 22 heavy (non-hydrogen) atoms. The van der Waals surface area contributed by atoms with E-state index in [-0.39, 0.29) is 0 Å². The van der Waals surface area contributed by atoms with E-state index < -0.39 is 11.7 Å². The van der Waals surface area contributed by atoms with Gasteiger partial charge in [0.05, 0.1) is 5.56 Å². The van der Waals surface area contributed by atoms with Gasteiger partial charge >= 0.3 is 6.18 Å². The third-order valence-corrected chi connectivity index (χ3v) is 3.20. The first-order chi connectivity index (χ1) is 10.4. The SMILES string of the molecule is FC(F)(F)c1ccc(CCNC(=S)Nc2cc[c]cc2)cc1. The predicted molar refractivity (Wildman–Crippen MR) is 84.6 cm³/mol. The molecule has 0 unspecified atom stereocenters. The Bertz CT molecular complexity index is 610. The van der Waals surface area contributed by atoms with Gasteiger partial charge in [-0.3, -0.25) is 0 Å². The molecule has 0 fully saturated rings. The lowest BCUT2D eigenvalue weighted by atomic mass is 10.1. The Labute approximate surface area is 132 Å². The van der Waals surface area contributed by atoms with Crippen LogP contribution in [0.2, 0.25) is 0 Å². The molecule has 0 heterocycles. The molecule has 2 aromatic rings. The zero-order valence-corrected chi connectivity index (χ0v) is 12.4. The van der Waals surface area contributed by atoms with E-state index in [4.69, 9.17) is 12.2 Å². The number of hydrogen-bond donors (Lipinski definition) is 2. The van der Waals surface area contributed by atoms with Crippen molar-refractivity contribution in [2.75, 3.05) is 11.9 Å². The maximum Gasteiger partial charge on any atom is 0.416 e. The average molecular weight is 323 g/mol. The van der Waals surface area contributed by atoms with E-state index in [1.54, 1.807) is 12.1 Å². The van der Waals surface area contributed by atoms with Crippen molar-refractivity contribution in [2.24, 2.45) is 0 Å². The summed E-state index contributed by atoms with van der Waals surface area (Å²) in [4.78, 5) is 0. The smallest absolute Gasteiger partial charge is 0.362 e. The second-order valence-electron chi connectivity index (χ2n) is 4.61. The van der Waals surface area contributed by atoms with Crippen LogP contribution >= 0.6 is 12.2 Å². The van der Waals surface area contributed by atoms with Gasteiger partial charge in [-0.05, 0) is 54.5 Å². The average Bonchev–Trinajstić information content (AvgIpc) is 2.48. The van der Waals surface area contributed by atoms with Crippen molar-refractivity contribution in [1.82, 2.24) is 5.32 Å². The monoisotopic (exact) mass is 323 g/mol. The summed E-state index contributed by atoms with van der Waals surface area (Å²) >= 11 is 5.14. The second kappa shape index (κ2) is 7.26. The fourth-order valence-electron chi connectivity index (χ4n) is 1.83. The van der Waals surface area contributed by atoms with Crippen LogP contribution in [0.1, 0.15) is 11.1 Å². The molecule has 0 amide bonds. The highest BCUT2D eigenvalue weighted by atomic mass is 32.1. The summed E-state index contributed by atoms with van der Waals surface area (Å²) in [5.41, 5.74) is 1.03. The molecule has 0 bridgehead atoms. The molecule has 2 aromatic carbocycles. The molecule has 2 nitrogen and oxygen atoms in total. The Morgan fingerprint density at radius 3 is 2.27 bits per heavy atom. The number of benzene rings is 2. The molecular weight excluding hydrogens is 309 g/mol. The highest BCUT2D eigenvalue weighted by Crippen LogP contribution is 2.29. The topological polar surface area (TPSA) is 24.1 Å². The molecule has 0 atom stereocenters. The van der Waals surface area contributed by atoms with Gasteiger partial charge in [-0.25, -0.2) is 0 Å². The largest absolute Gasteiger partial charge is 0.416 e. The van der Waals surface area contributed by atoms with Crippen molar-refractivity contribution in [2.45, 2.75) is 12.6 Å². The van der Waals surface area contributed by atoms with Crippen LogP contribution in [0.3, 0.4) is 0 Å². The van der Waals surface area contributed by atoms with E-state index >= 15 is 0 Å². The van der Waals surface area contributed by atoms with Gasteiger partial charge in [-0.15, -0.1) is 0 Å². The predicted octanol–water partition coefficient (Wildman–Crippen LogP) is 4.03. The van der Waals surface area contributed by atoms with E-state index in [1.165, 1.54) is 12.1 Å². The van der Waals surface area contributed by atoms with Gasteiger partial charge in [0.25, 0.3) is 0 Å². The van der Waals surface area contributed by atoms with Crippen LogP contribution in [0.5, 0.6) is 0 Å². The first-order valence-corrected chi connectivity index (χ1v) is 7.03. The Hall–Kier alpha value is -2.08. The number of alkyl halides is 3. The Morgan fingerprint density at radius 2 is 1.68 bits per heavy atom. The number of nitrogens with one attached hydrogen (secondary N) is 2. The van der Waals surface area contributed by atoms with E-state index in [9.17, 15) is 13.2 Å². The van der Waals surface area contributed by atoms with Gasteiger partial charge in [0.1, 0.15) is 0 Å². The fourth-order valence-corrected chi connectivity index (χ4v) is 2.05. The Kier molecular flexibility index (Phi) is 5.38. The van der Waals surface area contributed by atoms with E-state index in [0.29, 0.717) is 18.1 Å². The number of anilines is 1. The van der Waals surface area contributed by atoms with Crippen LogP contribution in [-0.2, 0) is 12.6 Å². The van der Waals surface area contributed by atoms with Crippen molar-refractivity contribution >= 4 is 23.0 Å². The minimum absolute atomic E-state index is 0.470. The van der Waals surface area contributed by atoms with Gasteiger partial charge in [-0.1, -0.05) is 24.3 Å². The van der Waals surface area contributed by atoms with E-state index in [0.717, 1.165) is 23.4 Å². The molecule has 0 aromatic heterocycles. The van der Waals surface area contributed by atoms with Crippen LogP contribution in [-0.4, -0.2) is 11.7 Å². The van der Waals surface area contributed by atoms with Gasteiger partial charge in [0, 0.05) is 12.2 Å². The van der Waals surface area contributed by atoms with Crippen LogP contribution in [0.4, 0.5) is 18.9 Å². The van der Waals surface area contributed by atoms with Crippen LogP contribution in [0.15, 0.2) is 48.5 Å². The summed E-state index contributed by atoms with van der Waals surface area (Å²) in [6.07, 6.45) is -3.71. The number of rotatable bonds is 4. The molecule has 0 saturated carbocycles. The summed E-state index contributed by atoms with van der Waals surface area (Å²) in [6, 6.07) is 15.3. The normalized spacial score (nSPS) is 11.0. The van der Waals surface area contributed by atoms with Gasteiger partial charge in [0.2, 0.25) is 0 Å². The Morgan fingerprint density at radius 1 is 1.05 bits per heavy atom. The molecule has 0 aliphatic carbocycles. The summed E-state index contributed by atoms with van der Waals surface area (Å²) in [5.74, 6) is 0. The van der Waals surface area contributed by atoms with Gasteiger partial charge in [-0.2, -0.15) is 13.2 Å². The maximum absolute atomic E-state index is 12.4. The standard InChI is InChI=1S/C16H14F3N2S/c17-16(18,19)13-8-6-12(7-9-13)10-11-20-15(22)21-14-4-2-1-3-5-14/h2-9H,10-11H2,(H2,20,21,22).